The second-order valence-corrected chi connectivity index (χ2v) is 5.70. The molecule has 0 atom stereocenters. The van der Waals surface area contributed by atoms with Crippen molar-refractivity contribution in [2.75, 3.05) is 6.26 Å². The van der Waals surface area contributed by atoms with Crippen LogP contribution in [0.3, 0.4) is 0 Å². The van der Waals surface area contributed by atoms with Crippen molar-refractivity contribution in [3.8, 4) is 0 Å². The summed E-state index contributed by atoms with van der Waals surface area (Å²) in [7, 11) is 0. The van der Waals surface area contributed by atoms with Crippen LogP contribution in [-0.4, -0.2) is 26.7 Å². The predicted octanol–water partition coefficient (Wildman–Crippen LogP) is 3.48. The largest absolute Gasteiger partial charge is 0.478 e. The lowest BCUT2D eigenvalue weighted by atomic mass is 10.0. The topological polar surface area (TPSA) is 54.6 Å². The highest BCUT2D eigenvalue weighted by molar-refractivity contribution is 7.98. The zero-order valence-corrected chi connectivity index (χ0v) is 12.6. The van der Waals surface area contributed by atoms with Crippen LogP contribution in [0.25, 0.3) is 5.52 Å². The van der Waals surface area contributed by atoms with E-state index >= 15 is 0 Å². The number of nitrogens with zero attached hydrogens (tertiary/aromatic N) is 2. The van der Waals surface area contributed by atoms with Gasteiger partial charge in [0.15, 0.2) is 0 Å². The highest BCUT2D eigenvalue weighted by Gasteiger charge is 2.16. The van der Waals surface area contributed by atoms with Gasteiger partial charge >= 0.3 is 5.97 Å². The Morgan fingerprint density at radius 2 is 2.18 bits per heavy atom. The number of hydrogen-bond donors (Lipinski definition) is 1. The molecule has 0 unspecified atom stereocenters. The van der Waals surface area contributed by atoms with E-state index in [0.717, 1.165) is 10.4 Å². The molecule has 0 amide bonds. The van der Waals surface area contributed by atoms with E-state index < -0.39 is 5.97 Å². The minimum absolute atomic E-state index is 0.152. The third-order valence-electron chi connectivity index (χ3n) is 3.54. The van der Waals surface area contributed by atoms with Gasteiger partial charge in [0.25, 0.3) is 0 Å². The second-order valence-electron chi connectivity index (χ2n) is 4.82. The molecule has 3 aromatic rings. The number of halogens is 1. The Balaban J connectivity index is 2.11. The first-order valence-corrected chi connectivity index (χ1v) is 7.82. The zero-order valence-electron chi connectivity index (χ0n) is 11.8. The zero-order chi connectivity index (χ0) is 15.7. The predicted molar refractivity (Wildman–Crippen MR) is 83.1 cm³/mol. The number of fused-ring (bicyclic) bond motifs is 1. The molecule has 0 fully saturated rings. The Morgan fingerprint density at radius 1 is 1.36 bits per heavy atom. The third kappa shape index (κ3) is 2.57. The molecule has 0 saturated carbocycles. The maximum atomic E-state index is 14.2. The van der Waals surface area contributed by atoms with E-state index in [0.29, 0.717) is 11.3 Å². The lowest BCUT2D eigenvalue weighted by Crippen LogP contribution is -2.09. The van der Waals surface area contributed by atoms with Crippen molar-refractivity contribution in [3.63, 3.8) is 0 Å². The monoisotopic (exact) mass is 316 g/mol. The molecular weight excluding hydrogens is 303 g/mol. The number of rotatable bonds is 4. The summed E-state index contributed by atoms with van der Waals surface area (Å²) in [5, 5.41) is 9.36. The van der Waals surface area contributed by atoms with Crippen molar-refractivity contribution in [2.45, 2.75) is 11.3 Å². The number of hydrogen-bond acceptors (Lipinski definition) is 3. The highest BCUT2D eigenvalue weighted by atomic mass is 32.2. The molecule has 0 spiro atoms. The molecule has 0 aliphatic carbocycles. The molecule has 4 nitrogen and oxygen atoms in total. The summed E-state index contributed by atoms with van der Waals surface area (Å²) in [5.41, 5.74) is 1.90. The van der Waals surface area contributed by atoms with Gasteiger partial charge in [0, 0.05) is 17.0 Å². The summed E-state index contributed by atoms with van der Waals surface area (Å²) in [6.45, 7) is 0. The molecule has 0 bridgehead atoms. The molecule has 0 radical (unpaired) electrons. The standard InChI is InChI=1S/C16H13FN2O2S/c1-22-12-4-2-10(14(17)7-12)6-15-13(16(20)21)5-3-11-8-18-9-19(11)15/h2-5,7-9H,6H2,1H3,(H,20,21). The summed E-state index contributed by atoms with van der Waals surface area (Å²) in [6, 6.07) is 8.21. The van der Waals surface area contributed by atoms with Gasteiger partial charge in [0.1, 0.15) is 5.82 Å². The minimum Gasteiger partial charge on any atom is -0.478 e. The van der Waals surface area contributed by atoms with Crippen molar-refractivity contribution in [3.05, 3.63) is 65.5 Å². The normalized spacial score (nSPS) is 11.0. The molecule has 1 N–H and O–H groups in total. The van der Waals surface area contributed by atoms with Crippen LogP contribution in [-0.2, 0) is 6.42 Å². The van der Waals surface area contributed by atoms with Crippen LogP contribution in [0.2, 0.25) is 0 Å². The van der Waals surface area contributed by atoms with Crippen LogP contribution >= 0.6 is 11.8 Å². The van der Waals surface area contributed by atoms with Gasteiger partial charge < -0.3 is 9.51 Å². The number of pyridine rings is 1. The van der Waals surface area contributed by atoms with Crippen LogP contribution < -0.4 is 0 Å². The van der Waals surface area contributed by atoms with Crippen molar-refractivity contribution in [2.24, 2.45) is 0 Å². The SMILES string of the molecule is CSc1ccc(Cc2c(C(=O)O)ccc3cncn23)c(F)c1. The molecule has 2 aromatic heterocycles. The maximum Gasteiger partial charge on any atom is 0.337 e. The van der Waals surface area contributed by atoms with Gasteiger partial charge in [0.05, 0.1) is 23.6 Å². The van der Waals surface area contributed by atoms with E-state index in [2.05, 4.69) is 4.98 Å². The van der Waals surface area contributed by atoms with Crippen LogP contribution in [0.1, 0.15) is 21.6 Å². The molecule has 0 aliphatic rings. The van der Waals surface area contributed by atoms with Crippen LogP contribution in [0.15, 0.2) is 47.8 Å². The van der Waals surface area contributed by atoms with Gasteiger partial charge in [-0.25, -0.2) is 14.2 Å². The summed E-state index contributed by atoms with van der Waals surface area (Å²) in [6.07, 6.45) is 5.26. The molecule has 0 saturated heterocycles. The van der Waals surface area contributed by atoms with Crippen molar-refractivity contribution >= 4 is 23.2 Å². The van der Waals surface area contributed by atoms with Crippen LogP contribution in [0.5, 0.6) is 0 Å². The fourth-order valence-corrected chi connectivity index (χ4v) is 2.83. The molecule has 6 heteroatoms. The van der Waals surface area contributed by atoms with Gasteiger partial charge in [-0.2, -0.15) is 0 Å². The molecular formula is C16H13FN2O2S. The van der Waals surface area contributed by atoms with E-state index in [1.54, 1.807) is 29.1 Å². The van der Waals surface area contributed by atoms with E-state index in [9.17, 15) is 14.3 Å². The average molecular weight is 316 g/mol. The van der Waals surface area contributed by atoms with Crippen LogP contribution in [0.4, 0.5) is 4.39 Å². The smallest absolute Gasteiger partial charge is 0.337 e. The number of carboxylic acids is 1. The number of carbonyl (C=O) groups is 1. The number of aromatic nitrogens is 2. The molecule has 112 valence electrons. The van der Waals surface area contributed by atoms with Crippen molar-refractivity contribution in [1.29, 1.82) is 0 Å². The molecule has 3 rings (SSSR count). The quantitative estimate of drug-likeness (QED) is 0.749. The number of imidazole rings is 1. The molecule has 2 heterocycles. The number of thioether (sulfide) groups is 1. The molecule has 1 aromatic carbocycles. The van der Waals surface area contributed by atoms with E-state index in [1.807, 2.05) is 12.3 Å². The highest BCUT2D eigenvalue weighted by Crippen LogP contribution is 2.23. The number of carboxylic acid groups (broad SMARTS) is 1. The summed E-state index contributed by atoms with van der Waals surface area (Å²) in [4.78, 5) is 16.3. The van der Waals surface area contributed by atoms with Crippen LogP contribution in [0, 0.1) is 5.82 Å². The fraction of sp³-hybridized carbons (Fsp3) is 0.125. The van der Waals surface area contributed by atoms with Gasteiger partial charge in [-0.05, 0) is 36.1 Å². The lowest BCUT2D eigenvalue weighted by Gasteiger charge is -2.11. The van der Waals surface area contributed by atoms with Crippen molar-refractivity contribution < 1.29 is 14.3 Å². The van der Waals surface area contributed by atoms with Crippen molar-refractivity contribution in [1.82, 2.24) is 9.38 Å². The summed E-state index contributed by atoms with van der Waals surface area (Å²) >= 11 is 1.46. The first-order valence-electron chi connectivity index (χ1n) is 6.60. The second kappa shape index (κ2) is 5.81. The van der Waals surface area contributed by atoms with Gasteiger partial charge in [-0.15, -0.1) is 11.8 Å². The lowest BCUT2D eigenvalue weighted by molar-refractivity contribution is 0.0695. The van der Waals surface area contributed by atoms with Gasteiger partial charge in [0.2, 0.25) is 0 Å². The Kier molecular flexibility index (Phi) is 3.85. The maximum absolute atomic E-state index is 14.2. The number of aromatic carboxylic acids is 1. The van der Waals surface area contributed by atoms with Gasteiger partial charge in [-0.3, -0.25) is 0 Å². The molecule has 22 heavy (non-hydrogen) atoms. The Bertz CT molecular complexity index is 860. The summed E-state index contributed by atoms with van der Waals surface area (Å²) in [5.74, 6) is -1.37. The Labute approximate surface area is 130 Å². The minimum atomic E-state index is -1.04. The Hall–Kier alpha value is -2.34. The van der Waals surface area contributed by atoms with Gasteiger partial charge in [-0.1, -0.05) is 6.07 Å². The van der Waals surface area contributed by atoms with E-state index in [4.69, 9.17) is 0 Å². The average Bonchev–Trinajstić information content (AvgIpc) is 2.98. The fourth-order valence-electron chi connectivity index (χ4n) is 2.40. The summed E-state index contributed by atoms with van der Waals surface area (Å²) < 4.78 is 15.9. The Morgan fingerprint density at radius 3 is 2.86 bits per heavy atom. The van der Waals surface area contributed by atoms with E-state index in [-0.39, 0.29) is 17.8 Å². The first-order chi connectivity index (χ1) is 10.6. The molecule has 0 aliphatic heterocycles. The first kappa shape index (κ1) is 14.6. The van der Waals surface area contributed by atoms with E-state index in [1.165, 1.54) is 23.9 Å². The number of benzene rings is 1. The third-order valence-corrected chi connectivity index (χ3v) is 4.26.